The quantitative estimate of drug-likeness (QED) is 0.805. The first-order chi connectivity index (χ1) is 9.74. The molecule has 11 heteroatoms. The van der Waals surface area contributed by atoms with Crippen LogP contribution >= 0.6 is 38.9 Å². The van der Waals surface area contributed by atoms with Crippen LogP contribution < -0.4 is 10.0 Å². The average molecular weight is 412 g/mol. The molecular weight excluding hydrogens is 404 g/mol. The monoisotopic (exact) mass is 410 g/mol. The number of hydrogen-bond donors (Lipinski definition) is 2. The fraction of sp³-hybridized carbons (Fsp3) is 0.100. The van der Waals surface area contributed by atoms with E-state index in [0.29, 0.717) is 4.47 Å². The molecule has 7 nitrogen and oxygen atoms in total. The lowest BCUT2D eigenvalue weighted by atomic mass is 10.2. The lowest BCUT2D eigenvalue weighted by molar-refractivity contribution is 0.102. The number of halogens is 2. The maximum Gasteiger partial charge on any atom is 0.259 e. The molecule has 0 saturated heterocycles. The number of carbonyl (C=O) groups excluding carboxylic acids is 1. The molecule has 0 fully saturated rings. The topological polar surface area (TPSA) is 101 Å². The van der Waals surface area contributed by atoms with Crippen molar-refractivity contribution < 1.29 is 13.2 Å². The first-order valence-electron chi connectivity index (χ1n) is 5.32. The molecule has 0 spiro atoms. The lowest BCUT2D eigenvalue weighted by Gasteiger charge is -2.04. The van der Waals surface area contributed by atoms with Crippen molar-refractivity contribution in [2.75, 3.05) is 16.3 Å². The Kier molecular flexibility index (Phi) is 4.81. The number of carbonyl (C=O) groups is 1. The van der Waals surface area contributed by atoms with Crippen LogP contribution in [0.25, 0.3) is 0 Å². The van der Waals surface area contributed by atoms with E-state index < -0.39 is 15.9 Å². The van der Waals surface area contributed by atoms with E-state index in [1.54, 1.807) is 18.2 Å². The van der Waals surface area contributed by atoms with Crippen molar-refractivity contribution in [2.45, 2.75) is 0 Å². The number of aromatic nitrogens is 2. The molecule has 0 aliphatic heterocycles. The second kappa shape index (κ2) is 6.26. The summed E-state index contributed by atoms with van der Waals surface area (Å²) >= 11 is 10.1. The highest BCUT2D eigenvalue weighted by Crippen LogP contribution is 2.24. The Labute approximate surface area is 137 Å². The summed E-state index contributed by atoms with van der Waals surface area (Å²) in [7, 11) is -3.44. The molecule has 2 rings (SSSR count). The standard InChI is InChI=1S/C10H8BrClN4O3S2/c1-21(18,19)16-10-15-14-9(20-10)13-8(17)6-4-5(11)2-3-7(6)12/h2-4H,1H3,(H,15,16)(H,13,14,17). The summed E-state index contributed by atoms with van der Waals surface area (Å²) < 4.78 is 25.0. The van der Waals surface area contributed by atoms with Gasteiger partial charge in [0.25, 0.3) is 5.91 Å². The van der Waals surface area contributed by atoms with Gasteiger partial charge < -0.3 is 0 Å². The predicted octanol–water partition coefficient (Wildman–Crippen LogP) is 2.58. The lowest BCUT2D eigenvalue weighted by Crippen LogP contribution is -2.12. The molecule has 2 N–H and O–H groups in total. The summed E-state index contributed by atoms with van der Waals surface area (Å²) in [5.41, 5.74) is 0.263. The third-order valence-corrected chi connectivity index (χ3v) is 4.36. The highest BCUT2D eigenvalue weighted by molar-refractivity contribution is 9.10. The first-order valence-corrected chi connectivity index (χ1v) is 9.20. The van der Waals surface area contributed by atoms with Crippen LogP contribution in [0.1, 0.15) is 10.4 Å². The number of sulfonamides is 1. The van der Waals surface area contributed by atoms with Gasteiger partial charge in [-0.2, -0.15) is 0 Å². The summed E-state index contributed by atoms with van der Waals surface area (Å²) in [6.07, 6.45) is 0.994. The molecule has 0 aliphatic carbocycles. The minimum absolute atomic E-state index is 0.0631. The van der Waals surface area contributed by atoms with Gasteiger partial charge in [-0.1, -0.05) is 38.9 Å². The summed E-state index contributed by atoms with van der Waals surface area (Å²) in [6, 6.07) is 4.85. The van der Waals surface area contributed by atoms with Crippen LogP contribution in [-0.4, -0.2) is 30.8 Å². The Bertz CT molecular complexity index is 793. The summed E-state index contributed by atoms with van der Waals surface area (Å²) in [5.74, 6) is -0.469. The molecule has 1 amide bonds. The Hall–Kier alpha value is -1.23. The third kappa shape index (κ3) is 4.63. The molecule has 1 aromatic carbocycles. The molecule has 0 bridgehead atoms. The maximum absolute atomic E-state index is 12.1. The molecule has 0 aliphatic rings. The van der Waals surface area contributed by atoms with Gasteiger partial charge in [0, 0.05) is 4.47 Å². The normalized spacial score (nSPS) is 11.2. The summed E-state index contributed by atoms with van der Waals surface area (Å²) in [6.45, 7) is 0. The van der Waals surface area contributed by atoms with Gasteiger partial charge in [0.15, 0.2) is 0 Å². The molecular formula is C10H8BrClN4O3S2. The zero-order valence-corrected chi connectivity index (χ0v) is 14.4. The van der Waals surface area contributed by atoms with Crippen molar-refractivity contribution in [1.82, 2.24) is 10.2 Å². The van der Waals surface area contributed by atoms with E-state index in [2.05, 4.69) is 36.2 Å². The van der Waals surface area contributed by atoms with Crippen LogP contribution in [0.4, 0.5) is 10.3 Å². The maximum atomic E-state index is 12.1. The highest BCUT2D eigenvalue weighted by atomic mass is 79.9. The van der Waals surface area contributed by atoms with Crippen molar-refractivity contribution in [3.8, 4) is 0 Å². The van der Waals surface area contributed by atoms with Crippen molar-refractivity contribution in [3.05, 3.63) is 33.3 Å². The Morgan fingerprint density at radius 1 is 1.33 bits per heavy atom. The van der Waals surface area contributed by atoms with Crippen molar-refractivity contribution in [3.63, 3.8) is 0 Å². The van der Waals surface area contributed by atoms with Gasteiger partial charge >= 0.3 is 0 Å². The van der Waals surface area contributed by atoms with Gasteiger partial charge in [0.05, 0.1) is 16.8 Å². The largest absolute Gasteiger partial charge is 0.296 e. The van der Waals surface area contributed by atoms with Crippen LogP contribution in [0.3, 0.4) is 0 Å². The minimum atomic E-state index is -3.44. The van der Waals surface area contributed by atoms with Crippen LogP contribution in [0.15, 0.2) is 22.7 Å². The zero-order valence-electron chi connectivity index (χ0n) is 10.4. The predicted molar refractivity (Wildman–Crippen MR) is 85.5 cm³/mol. The smallest absolute Gasteiger partial charge is 0.259 e. The van der Waals surface area contributed by atoms with E-state index >= 15 is 0 Å². The van der Waals surface area contributed by atoms with Crippen molar-refractivity contribution in [2.24, 2.45) is 0 Å². The van der Waals surface area contributed by atoms with Gasteiger partial charge in [-0.15, -0.1) is 10.2 Å². The van der Waals surface area contributed by atoms with E-state index in [4.69, 9.17) is 11.6 Å². The molecule has 2 aromatic rings. The van der Waals surface area contributed by atoms with E-state index in [-0.39, 0.29) is 20.8 Å². The van der Waals surface area contributed by atoms with Crippen LogP contribution in [0.5, 0.6) is 0 Å². The van der Waals surface area contributed by atoms with Crippen LogP contribution in [0, 0.1) is 0 Å². The molecule has 21 heavy (non-hydrogen) atoms. The second-order valence-corrected chi connectivity index (χ2v) is 7.91. The second-order valence-electron chi connectivity index (χ2n) is 3.86. The van der Waals surface area contributed by atoms with Gasteiger partial charge in [-0.3, -0.25) is 14.8 Å². The van der Waals surface area contributed by atoms with E-state index in [1.807, 2.05) is 0 Å². The Morgan fingerprint density at radius 2 is 2.00 bits per heavy atom. The molecule has 0 radical (unpaired) electrons. The number of benzene rings is 1. The number of rotatable bonds is 4. The number of nitrogens with one attached hydrogen (secondary N) is 2. The number of hydrogen-bond acceptors (Lipinski definition) is 6. The summed E-state index contributed by atoms with van der Waals surface area (Å²) in [5, 5.41) is 10.3. The van der Waals surface area contributed by atoms with Gasteiger partial charge in [0.2, 0.25) is 20.3 Å². The average Bonchev–Trinajstić information content (AvgIpc) is 2.77. The first kappa shape index (κ1) is 16.1. The van der Waals surface area contributed by atoms with Gasteiger partial charge in [-0.25, -0.2) is 8.42 Å². The van der Waals surface area contributed by atoms with Crippen LogP contribution in [0.2, 0.25) is 5.02 Å². The zero-order chi connectivity index (χ0) is 15.6. The minimum Gasteiger partial charge on any atom is -0.296 e. The van der Waals surface area contributed by atoms with E-state index in [9.17, 15) is 13.2 Å². The molecule has 1 heterocycles. The van der Waals surface area contributed by atoms with E-state index in [1.165, 1.54) is 0 Å². The molecule has 0 unspecified atom stereocenters. The van der Waals surface area contributed by atoms with Crippen LogP contribution in [-0.2, 0) is 10.0 Å². The number of nitrogens with zero attached hydrogens (tertiary/aromatic N) is 2. The highest BCUT2D eigenvalue weighted by Gasteiger charge is 2.14. The molecule has 0 saturated carbocycles. The fourth-order valence-electron chi connectivity index (χ4n) is 1.31. The van der Waals surface area contributed by atoms with Gasteiger partial charge in [-0.05, 0) is 18.2 Å². The fourth-order valence-corrected chi connectivity index (χ4v) is 3.34. The van der Waals surface area contributed by atoms with Crippen molar-refractivity contribution >= 4 is 65.1 Å². The molecule has 112 valence electrons. The van der Waals surface area contributed by atoms with Crippen molar-refractivity contribution in [1.29, 1.82) is 0 Å². The number of anilines is 2. The molecule has 0 atom stereocenters. The number of amides is 1. The summed E-state index contributed by atoms with van der Waals surface area (Å²) in [4.78, 5) is 12.1. The van der Waals surface area contributed by atoms with Gasteiger partial charge in [0.1, 0.15) is 0 Å². The Balaban J connectivity index is 2.15. The Morgan fingerprint density at radius 3 is 2.67 bits per heavy atom. The molecule has 1 aromatic heterocycles. The van der Waals surface area contributed by atoms with E-state index in [0.717, 1.165) is 17.6 Å². The SMILES string of the molecule is CS(=O)(=O)Nc1nnc(NC(=O)c2cc(Br)ccc2Cl)s1. The third-order valence-electron chi connectivity index (χ3n) is 2.09.